The lowest BCUT2D eigenvalue weighted by Gasteiger charge is -2.05. The first-order valence-electron chi connectivity index (χ1n) is 10.4. The molecule has 3 aromatic carbocycles. The monoisotopic (exact) mass is 390 g/mol. The molecule has 150 valence electrons. The molecule has 0 aromatic heterocycles. The fourth-order valence-electron chi connectivity index (χ4n) is 3.97. The Morgan fingerprint density at radius 3 is 1.07 bits per heavy atom. The van der Waals surface area contributed by atoms with E-state index in [1.165, 1.54) is 44.5 Å². The van der Waals surface area contributed by atoms with Gasteiger partial charge in [-0.25, -0.2) is 0 Å². The second-order valence-electron chi connectivity index (χ2n) is 8.20. The van der Waals surface area contributed by atoms with Gasteiger partial charge in [0.25, 0.3) is 0 Å². The minimum absolute atomic E-state index is 1.14. The molecule has 0 nitrogen and oxygen atoms in total. The lowest BCUT2D eigenvalue weighted by molar-refractivity contribution is 1.30. The van der Waals surface area contributed by atoms with Crippen LogP contribution in [0.4, 0.5) is 0 Å². The second-order valence-corrected chi connectivity index (χ2v) is 8.20. The minimum Gasteiger partial charge on any atom is -0.120 e. The molecule has 0 fully saturated rings. The van der Waals surface area contributed by atoms with Crippen molar-refractivity contribution in [2.45, 2.75) is 41.5 Å². The van der Waals surface area contributed by atoms with Gasteiger partial charge in [-0.15, -0.1) is 11.5 Å². The van der Waals surface area contributed by atoms with Crippen molar-refractivity contribution >= 4 is 24.3 Å². The van der Waals surface area contributed by atoms with Crippen LogP contribution in [0.5, 0.6) is 0 Å². The zero-order valence-electron chi connectivity index (χ0n) is 18.9. The van der Waals surface area contributed by atoms with E-state index in [4.69, 9.17) is 0 Å². The molecule has 3 aromatic rings. The molecule has 0 atom stereocenters. The molecule has 0 radical (unpaired) electrons. The molecule has 0 bridgehead atoms. The molecule has 0 amide bonds. The van der Waals surface area contributed by atoms with Gasteiger partial charge in [-0.1, -0.05) is 59.7 Å². The van der Waals surface area contributed by atoms with Crippen molar-refractivity contribution in [2.75, 3.05) is 0 Å². The molecule has 0 saturated heterocycles. The Kier molecular flexibility index (Phi) is 6.76. The van der Waals surface area contributed by atoms with Crippen molar-refractivity contribution in [3.8, 4) is 0 Å². The molecule has 3 rings (SSSR count). The van der Waals surface area contributed by atoms with Crippen molar-refractivity contribution in [3.05, 3.63) is 116 Å². The summed E-state index contributed by atoms with van der Waals surface area (Å²) in [5.74, 6) is 0. The highest BCUT2D eigenvalue weighted by molar-refractivity contribution is 5.65. The summed E-state index contributed by atoms with van der Waals surface area (Å²) in [4.78, 5) is 0. The predicted molar refractivity (Wildman–Crippen MR) is 133 cm³/mol. The average Bonchev–Trinajstić information content (AvgIpc) is 2.67. The molecule has 0 heterocycles. The first-order valence-corrected chi connectivity index (χ1v) is 10.4. The van der Waals surface area contributed by atoms with Gasteiger partial charge < -0.3 is 0 Å². The van der Waals surface area contributed by atoms with Gasteiger partial charge >= 0.3 is 0 Å². The van der Waals surface area contributed by atoms with E-state index in [1.54, 1.807) is 0 Å². The van der Waals surface area contributed by atoms with Gasteiger partial charge in [0, 0.05) is 0 Å². The van der Waals surface area contributed by atoms with Crippen LogP contribution in [0.2, 0.25) is 0 Å². The van der Waals surface area contributed by atoms with E-state index in [2.05, 4.69) is 114 Å². The fraction of sp³-hybridized carbons (Fsp3) is 0.200. The van der Waals surface area contributed by atoms with Crippen LogP contribution in [0.1, 0.15) is 55.6 Å². The predicted octanol–water partition coefficient (Wildman–Crippen LogP) is 8.19. The van der Waals surface area contributed by atoms with Crippen LogP contribution in [0, 0.1) is 41.5 Å². The largest absolute Gasteiger partial charge is 0.120 e. The molecular formula is C30H30. The van der Waals surface area contributed by atoms with Crippen LogP contribution >= 0.6 is 0 Å². The standard InChI is InChI=1S/C30H30/c1-21-17-23(3)29(24(4)18-21)11-7-9-27-13-15-28(16-14-27)10-8-12-30-25(5)19-22(2)20-26(30)6/h9-20H,1-6H3. The Bertz CT molecular complexity index is 1040. The van der Waals surface area contributed by atoms with Gasteiger partial charge in [0.05, 0.1) is 0 Å². The number of hydrogen-bond donors (Lipinski definition) is 0. The first-order chi connectivity index (χ1) is 14.3. The lowest BCUT2D eigenvalue weighted by atomic mass is 9.99. The average molecular weight is 391 g/mol. The van der Waals surface area contributed by atoms with E-state index in [0.29, 0.717) is 0 Å². The number of hydrogen-bond acceptors (Lipinski definition) is 0. The maximum absolute atomic E-state index is 3.34. The SMILES string of the molecule is Cc1cc(C)c(C=C=Cc2ccc(C=C=Cc3c(C)cc(C)cc3C)cc2)c(C)c1. The summed E-state index contributed by atoms with van der Waals surface area (Å²) in [7, 11) is 0. The van der Waals surface area contributed by atoms with Crippen molar-refractivity contribution in [3.63, 3.8) is 0 Å². The third kappa shape index (κ3) is 5.40. The van der Waals surface area contributed by atoms with Gasteiger partial charge in [-0.05, 0) is 110 Å². The molecular weight excluding hydrogens is 360 g/mol. The van der Waals surface area contributed by atoms with Gasteiger partial charge in [-0.3, -0.25) is 0 Å². The van der Waals surface area contributed by atoms with Crippen LogP contribution in [0.15, 0.2) is 60.0 Å². The zero-order chi connectivity index (χ0) is 21.7. The summed E-state index contributed by atoms with van der Waals surface area (Å²) in [6.45, 7) is 12.9. The highest BCUT2D eigenvalue weighted by atomic mass is 14.0. The van der Waals surface area contributed by atoms with Crippen LogP contribution in [-0.4, -0.2) is 0 Å². The van der Waals surface area contributed by atoms with Crippen LogP contribution in [0.3, 0.4) is 0 Å². The maximum Gasteiger partial charge on any atom is -0.0121 e. The smallest absolute Gasteiger partial charge is 0.0121 e. The van der Waals surface area contributed by atoms with Crippen LogP contribution in [-0.2, 0) is 0 Å². The summed E-state index contributed by atoms with van der Waals surface area (Å²) in [6, 6.07) is 17.3. The van der Waals surface area contributed by atoms with E-state index < -0.39 is 0 Å². The Hall–Kier alpha value is -3.30. The number of aryl methyl sites for hydroxylation is 6. The topological polar surface area (TPSA) is 0 Å². The summed E-state index contributed by atoms with van der Waals surface area (Å²) in [6.07, 6.45) is 8.21. The Labute approximate surface area is 181 Å². The quantitative estimate of drug-likeness (QED) is 0.394. The minimum atomic E-state index is 1.14. The van der Waals surface area contributed by atoms with Crippen LogP contribution < -0.4 is 0 Å². The van der Waals surface area contributed by atoms with E-state index in [-0.39, 0.29) is 0 Å². The highest BCUT2D eigenvalue weighted by Crippen LogP contribution is 2.19. The van der Waals surface area contributed by atoms with E-state index in [9.17, 15) is 0 Å². The van der Waals surface area contributed by atoms with E-state index >= 15 is 0 Å². The van der Waals surface area contributed by atoms with Crippen molar-refractivity contribution in [1.82, 2.24) is 0 Å². The molecule has 0 heteroatoms. The number of benzene rings is 3. The van der Waals surface area contributed by atoms with Crippen molar-refractivity contribution in [1.29, 1.82) is 0 Å². The summed E-state index contributed by atoms with van der Waals surface area (Å²) >= 11 is 0. The normalized spacial score (nSPS) is 10.1. The fourth-order valence-corrected chi connectivity index (χ4v) is 3.97. The molecule has 0 spiro atoms. The maximum atomic E-state index is 3.34. The molecule has 0 aliphatic heterocycles. The third-order valence-corrected chi connectivity index (χ3v) is 5.37. The Morgan fingerprint density at radius 2 is 0.767 bits per heavy atom. The summed E-state index contributed by atoms with van der Waals surface area (Å²) in [5, 5.41) is 0. The molecule has 0 unspecified atom stereocenters. The van der Waals surface area contributed by atoms with E-state index in [1.807, 2.05) is 12.2 Å². The molecule has 0 aliphatic carbocycles. The summed E-state index contributed by atoms with van der Waals surface area (Å²) in [5.41, 5.74) is 19.2. The molecule has 30 heavy (non-hydrogen) atoms. The highest BCUT2D eigenvalue weighted by Gasteiger charge is 2.00. The third-order valence-electron chi connectivity index (χ3n) is 5.37. The van der Waals surface area contributed by atoms with Crippen molar-refractivity contribution in [2.24, 2.45) is 0 Å². The first kappa shape index (κ1) is 21.4. The lowest BCUT2D eigenvalue weighted by Crippen LogP contribution is -1.87. The van der Waals surface area contributed by atoms with Crippen molar-refractivity contribution < 1.29 is 0 Å². The molecule has 0 N–H and O–H groups in total. The molecule has 0 aliphatic rings. The number of rotatable bonds is 4. The summed E-state index contributed by atoms with van der Waals surface area (Å²) < 4.78 is 0. The van der Waals surface area contributed by atoms with Gasteiger partial charge in [-0.2, -0.15) is 0 Å². The van der Waals surface area contributed by atoms with Gasteiger partial charge in [0.15, 0.2) is 0 Å². The Morgan fingerprint density at radius 1 is 0.467 bits per heavy atom. The second kappa shape index (κ2) is 9.47. The zero-order valence-corrected chi connectivity index (χ0v) is 18.9. The van der Waals surface area contributed by atoms with Gasteiger partial charge in [0.2, 0.25) is 0 Å². The van der Waals surface area contributed by atoms with Crippen LogP contribution in [0.25, 0.3) is 24.3 Å². The van der Waals surface area contributed by atoms with E-state index in [0.717, 1.165) is 11.1 Å². The Balaban J connectivity index is 1.76. The molecule has 0 saturated carbocycles. The van der Waals surface area contributed by atoms with Gasteiger partial charge in [0.1, 0.15) is 0 Å².